The Labute approximate surface area is 109 Å². The first-order valence-corrected chi connectivity index (χ1v) is 6.83. The van der Waals surface area contributed by atoms with Gasteiger partial charge in [0.15, 0.2) is 0 Å². The number of rotatable bonds is 3. The summed E-state index contributed by atoms with van der Waals surface area (Å²) in [6.45, 7) is 10.0. The van der Waals surface area contributed by atoms with Crippen molar-refractivity contribution in [3.63, 3.8) is 0 Å². The Balaban J connectivity index is 1.70. The van der Waals surface area contributed by atoms with Crippen molar-refractivity contribution in [2.24, 2.45) is 5.41 Å². The van der Waals surface area contributed by atoms with Crippen LogP contribution in [-0.4, -0.2) is 42.8 Å². The van der Waals surface area contributed by atoms with Crippen molar-refractivity contribution in [1.82, 2.24) is 15.8 Å². The van der Waals surface area contributed by atoms with Gasteiger partial charge >= 0.3 is 6.09 Å². The zero-order chi connectivity index (χ0) is 13.2. The van der Waals surface area contributed by atoms with E-state index in [0.29, 0.717) is 5.41 Å². The number of ether oxygens (including phenoxy) is 1. The van der Waals surface area contributed by atoms with Crippen molar-refractivity contribution in [3.05, 3.63) is 0 Å². The van der Waals surface area contributed by atoms with Crippen molar-refractivity contribution in [1.29, 1.82) is 0 Å². The predicted octanol–water partition coefficient (Wildman–Crippen LogP) is 1.50. The van der Waals surface area contributed by atoms with Gasteiger partial charge < -0.3 is 9.64 Å². The molecule has 2 N–H and O–H groups in total. The van der Waals surface area contributed by atoms with Crippen molar-refractivity contribution in [3.8, 4) is 0 Å². The van der Waals surface area contributed by atoms with Gasteiger partial charge in [0, 0.05) is 6.54 Å². The molecule has 0 saturated carbocycles. The number of carbonyl (C=O) groups excluding carboxylic acids is 1. The number of hydrogen-bond acceptors (Lipinski definition) is 4. The number of amides is 1. The van der Waals surface area contributed by atoms with E-state index in [2.05, 4.69) is 15.8 Å². The molecule has 0 atom stereocenters. The molecule has 5 nitrogen and oxygen atoms in total. The van der Waals surface area contributed by atoms with Crippen LogP contribution in [0.25, 0.3) is 0 Å². The Morgan fingerprint density at radius 3 is 2.28 bits per heavy atom. The van der Waals surface area contributed by atoms with E-state index in [0.717, 1.165) is 6.54 Å². The molecule has 0 radical (unpaired) electrons. The minimum Gasteiger partial charge on any atom is -0.443 e. The molecule has 0 aromatic carbocycles. The van der Waals surface area contributed by atoms with Crippen molar-refractivity contribution in [2.45, 2.75) is 45.6 Å². The van der Waals surface area contributed by atoms with Gasteiger partial charge in [-0.05, 0) is 65.1 Å². The van der Waals surface area contributed by atoms with Crippen LogP contribution in [0.4, 0.5) is 4.79 Å². The summed E-state index contributed by atoms with van der Waals surface area (Å²) in [7, 11) is 0. The molecule has 0 aromatic rings. The smallest absolute Gasteiger partial charge is 0.422 e. The predicted molar refractivity (Wildman–Crippen MR) is 70.1 cm³/mol. The van der Waals surface area contributed by atoms with Crippen LogP contribution in [0, 0.1) is 5.41 Å². The highest BCUT2D eigenvalue weighted by molar-refractivity contribution is 5.66. The lowest BCUT2D eigenvalue weighted by Gasteiger charge is -2.48. The van der Waals surface area contributed by atoms with Crippen LogP contribution in [0.5, 0.6) is 0 Å². The number of nitrogens with zero attached hydrogens (tertiary/aromatic N) is 1. The van der Waals surface area contributed by atoms with Crippen LogP contribution >= 0.6 is 0 Å². The van der Waals surface area contributed by atoms with E-state index in [-0.39, 0.29) is 0 Å². The van der Waals surface area contributed by atoms with Crippen LogP contribution in [0.1, 0.15) is 40.0 Å². The van der Waals surface area contributed by atoms with Gasteiger partial charge in [0.1, 0.15) is 5.60 Å². The maximum Gasteiger partial charge on any atom is 0.422 e. The molecular formula is C13H25N3O2. The summed E-state index contributed by atoms with van der Waals surface area (Å²) in [5.41, 5.74) is 5.62. The lowest BCUT2D eigenvalue weighted by molar-refractivity contribution is 0.0199. The fraction of sp³-hybridized carbons (Fsp3) is 0.923. The molecule has 3 saturated heterocycles. The van der Waals surface area contributed by atoms with E-state index in [1.165, 1.54) is 38.9 Å². The molecule has 3 heterocycles. The molecule has 2 bridgehead atoms. The number of nitrogens with one attached hydrogen (secondary N) is 2. The molecule has 0 unspecified atom stereocenters. The van der Waals surface area contributed by atoms with Gasteiger partial charge in [-0.15, -0.1) is 0 Å². The van der Waals surface area contributed by atoms with E-state index in [4.69, 9.17) is 4.74 Å². The van der Waals surface area contributed by atoms with Crippen LogP contribution in [-0.2, 0) is 4.74 Å². The highest BCUT2D eigenvalue weighted by Crippen LogP contribution is 2.39. The Kier molecular flexibility index (Phi) is 3.82. The lowest BCUT2D eigenvalue weighted by Crippen LogP contribution is -2.54. The molecular weight excluding hydrogens is 230 g/mol. The van der Waals surface area contributed by atoms with Gasteiger partial charge in [-0.2, -0.15) is 0 Å². The molecule has 5 heteroatoms. The second kappa shape index (κ2) is 5.05. The molecule has 3 fully saturated rings. The molecule has 104 valence electrons. The Hall–Kier alpha value is -0.810. The van der Waals surface area contributed by atoms with E-state index in [1.54, 1.807) is 0 Å². The average molecular weight is 255 g/mol. The summed E-state index contributed by atoms with van der Waals surface area (Å²) >= 11 is 0. The highest BCUT2D eigenvalue weighted by atomic mass is 16.6. The fourth-order valence-electron chi connectivity index (χ4n) is 2.77. The topological polar surface area (TPSA) is 53.6 Å². The first kappa shape index (κ1) is 13.6. The van der Waals surface area contributed by atoms with Gasteiger partial charge in [-0.25, -0.2) is 10.2 Å². The Morgan fingerprint density at radius 1 is 1.22 bits per heavy atom. The molecule has 3 aliphatic heterocycles. The Morgan fingerprint density at radius 2 is 1.78 bits per heavy atom. The second-order valence-electron chi connectivity index (χ2n) is 6.57. The van der Waals surface area contributed by atoms with Crippen molar-refractivity contribution in [2.75, 3.05) is 26.2 Å². The zero-order valence-electron chi connectivity index (χ0n) is 11.7. The van der Waals surface area contributed by atoms with Crippen LogP contribution in [0.15, 0.2) is 0 Å². The van der Waals surface area contributed by atoms with Gasteiger partial charge in [-0.3, -0.25) is 5.43 Å². The van der Waals surface area contributed by atoms with Gasteiger partial charge in [0.2, 0.25) is 0 Å². The fourth-order valence-corrected chi connectivity index (χ4v) is 2.77. The minimum absolute atomic E-state index is 0.379. The van der Waals surface area contributed by atoms with Crippen molar-refractivity contribution >= 4 is 6.09 Å². The van der Waals surface area contributed by atoms with Gasteiger partial charge in [-0.1, -0.05) is 0 Å². The molecule has 3 rings (SSSR count). The first-order chi connectivity index (χ1) is 8.39. The third-order valence-electron chi connectivity index (χ3n) is 3.93. The first-order valence-electron chi connectivity index (χ1n) is 6.83. The van der Waals surface area contributed by atoms with Crippen LogP contribution in [0.2, 0.25) is 0 Å². The maximum absolute atomic E-state index is 11.5. The van der Waals surface area contributed by atoms with Crippen LogP contribution < -0.4 is 10.9 Å². The zero-order valence-corrected chi connectivity index (χ0v) is 11.7. The summed E-state index contributed by atoms with van der Waals surface area (Å²) in [6, 6.07) is 0. The number of hydrogen-bond donors (Lipinski definition) is 2. The lowest BCUT2D eigenvalue weighted by atomic mass is 9.72. The highest BCUT2D eigenvalue weighted by Gasteiger charge is 2.39. The summed E-state index contributed by atoms with van der Waals surface area (Å²) in [5, 5.41) is 0. The SMILES string of the molecule is CC(C)(C)OC(=O)NNCC12CCN(CC1)CC2. The van der Waals surface area contributed by atoms with Crippen LogP contribution in [0.3, 0.4) is 0 Å². The number of carbonyl (C=O) groups is 1. The van der Waals surface area contributed by atoms with E-state index < -0.39 is 11.7 Å². The summed E-state index contributed by atoms with van der Waals surface area (Å²) in [6.07, 6.45) is 3.30. The summed E-state index contributed by atoms with van der Waals surface area (Å²) < 4.78 is 5.18. The molecule has 18 heavy (non-hydrogen) atoms. The van der Waals surface area contributed by atoms with E-state index in [9.17, 15) is 4.79 Å². The molecule has 0 aliphatic carbocycles. The standard InChI is InChI=1S/C13H25N3O2/c1-12(2,3)18-11(17)15-14-10-13-4-7-16(8-5-13)9-6-13/h14H,4-10H2,1-3H3,(H,15,17). The minimum atomic E-state index is -0.444. The molecule has 1 amide bonds. The molecule has 3 aliphatic rings. The van der Waals surface area contributed by atoms with E-state index >= 15 is 0 Å². The largest absolute Gasteiger partial charge is 0.443 e. The third-order valence-corrected chi connectivity index (χ3v) is 3.93. The quantitative estimate of drug-likeness (QED) is 0.750. The van der Waals surface area contributed by atoms with Gasteiger partial charge in [0.05, 0.1) is 0 Å². The number of hydrazine groups is 1. The van der Waals surface area contributed by atoms with Crippen molar-refractivity contribution < 1.29 is 9.53 Å². The summed E-state index contributed by atoms with van der Waals surface area (Å²) in [4.78, 5) is 14.0. The monoisotopic (exact) mass is 255 g/mol. The number of piperidine rings is 3. The normalized spacial score (nSPS) is 31.2. The molecule has 0 spiro atoms. The third kappa shape index (κ3) is 3.59. The second-order valence-corrected chi connectivity index (χ2v) is 6.57. The number of fused-ring (bicyclic) bond motifs is 3. The maximum atomic E-state index is 11.5. The Bertz CT molecular complexity index is 290. The van der Waals surface area contributed by atoms with Gasteiger partial charge in [0.25, 0.3) is 0 Å². The van der Waals surface area contributed by atoms with E-state index in [1.807, 2.05) is 20.8 Å². The summed E-state index contributed by atoms with van der Waals surface area (Å²) in [5.74, 6) is 0. The molecule has 0 aromatic heterocycles. The average Bonchev–Trinajstić information content (AvgIpc) is 2.28.